The van der Waals surface area contributed by atoms with Crippen molar-refractivity contribution in [3.8, 4) is 0 Å². The van der Waals surface area contributed by atoms with Crippen LogP contribution in [-0.4, -0.2) is 37.0 Å². The number of benzene rings is 2. The number of hydrogen-bond acceptors (Lipinski definition) is 2. The summed E-state index contributed by atoms with van der Waals surface area (Å²) in [6.45, 7) is 6.80. The maximum absolute atomic E-state index is 14.8. The third-order valence-electron chi connectivity index (χ3n) is 7.28. The molecule has 2 aromatic carbocycles. The molecule has 1 fully saturated rings. The highest BCUT2D eigenvalue weighted by Crippen LogP contribution is 2.39. The van der Waals surface area contributed by atoms with E-state index in [1.54, 1.807) is 11.0 Å². The van der Waals surface area contributed by atoms with Gasteiger partial charge in [-0.1, -0.05) is 79.9 Å². The third-order valence-corrected chi connectivity index (χ3v) is 7.59. The summed E-state index contributed by atoms with van der Waals surface area (Å²) < 4.78 is 44.0. The predicted molar refractivity (Wildman–Crippen MR) is 145 cm³/mol. The number of alkyl halides is 2. The molecule has 0 atom stereocenters. The third kappa shape index (κ3) is 7.09. The number of allylic oxidation sites excluding steroid dienone is 2. The Morgan fingerprint density at radius 1 is 1.06 bits per heavy atom. The van der Waals surface area contributed by atoms with Gasteiger partial charge < -0.3 is 9.80 Å². The van der Waals surface area contributed by atoms with Gasteiger partial charge in [-0.25, -0.2) is 4.39 Å². The lowest BCUT2D eigenvalue weighted by Crippen LogP contribution is -2.34. The summed E-state index contributed by atoms with van der Waals surface area (Å²) in [4.78, 5) is 3.74. The quantitative estimate of drug-likeness (QED) is 0.274. The van der Waals surface area contributed by atoms with Crippen molar-refractivity contribution in [2.24, 2.45) is 5.92 Å². The second-order valence-corrected chi connectivity index (χ2v) is 10.4. The van der Waals surface area contributed by atoms with Crippen LogP contribution in [0.4, 0.5) is 13.2 Å². The average Bonchev–Trinajstić information content (AvgIpc) is 2.88. The lowest BCUT2D eigenvalue weighted by molar-refractivity contribution is 0.00816. The number of likely N-dealkylation sites (tertiary alicyclic amines) is 1. The zero-order chi connectivity index (χ0) is 26.3. The van der Waals surface area contributed by atoms with E-state index in [1.165, 1.54) is 36.8 Å². The number of rotatable bonds is 11. The highest BCUT2D eigenvalue weighted by Gasteiger charge is 2.40. The molecule has 36 heavy (non-hydrogen) atoms. The normalized spacial score (nSPS) is 15.6. The molecule has 0 saturated carbocycles. The fourth-order valence-corrected chi connectivity index (χ4v) is 5.14. The molecule has 3 rings (SSSR count). The van der Waals surface area contributed by atoms with Gasteiger partial charge in [0.05, 0.1) is 5.02 Å². The summed E-state index contributed by atoms with van der Waals surface area (Å²) in [6, 6.07) is 13.4. The first-order valence-corrected chi connectivity index (χ1v) is 13.2. The zero-order valence-corrected chi connectivity index (χ0v) is 22.4. The molecule has 0 radical (unpaired) electrons. The predicted octanol–water partition coefficient (Wildman–Crippen LogP) is 8.68. The number of aryl methyl sites for hydroxylation is 1. The maximum atomic E-state index is 14.8. The number of hydrogen-bond donors (Lipinski definition) is 0. The van der Waals surface area contributed by atoms with E-state index in [-0.39, 0.29) is 11.3 Å². The van der Waals surface area contributed by atoms with Gasteiger partial charge in [0.2, 0.25) is 0 Å². The standard InChI is InChI=1S/C30H38ClF3N2/c1-22(35(3)4)27-16-15-25(21-28(27)31)12-8-5-7-11-24-17-19-36(20-18-24)23(2)29(32)30(33,34)26-13-9-6-10-14-26/h6,9-10,13-16,21,24H,1,5,7-8,11-12,17-20H2,2-4H3/b29-23-. The fourth-order valence-electron chi connectivity index (χ4n) is 4.83. The van der Waals surface area contributed by atoms with Gasteiger partial charge in [-0.2, -0.15) is 8.78 Å². The van der Waals surface area contributed by atoms with E-state index in [0.717, 1.165) is 61.2 Å². The van der Waals surface area contributed by atoms with E-state index in [2.05, 4.69) is 12.6 Å². The summed E-state index contributed by atoms with van der Waals surface area (Å²) in [5, 5.41) is 0.736. The van der Waals surface area contributed by atoms with Gasteiger partial charge in [0.1, 0.15) is 0 Å². The van der Waals surface area contributed by atoms with Crippen molar-refractivity contribution < 1.29 is 13.2 Å². The second kappa shape index (κ2) is 12.7. The smallest absolute Gasteiger partial charge is 0.325 e. The van der Waals surface area contributed by atoms with Gasteiger partial charge in [-0.15, -0.1) is 0 Å². The molecule has 0 spiro atoms. The van der Waals surface area contributed by atoms with Crippen LogP contribution in [0.1, 0.15) is 62.1 Å². The monoisotopic (exact) mass is 518 g/mol. The Balaban J connectivity index is 1.40. The minimum atomic E-state index is -3.60. The van der Waals surface area contributed by atoms with Gasteiger partial charge >= 0.3 is 5.92 Å². The molecule has 1 aliphatic heterocycles. The van der Waals surface area contributed by atoms with Gasteiger partial charge in [-0.05, 0) is 50.2 Å². The number of unbranched alkanes of at least 4 members (excludes halogenated alkanes) is 2. The molecule has 1 aliphatic rings. The molecule has 6 heteroatoms. The first-order chi connectivity index (χ1) is 17.1. The topological polar surface area (TPSA) is 6.48 Å². The van der Waals surface area contributed by atoms with Gasteiger partial charge in [0.25, 0.3) is 0 Å². The summed E-state index contributed by atoms with van der Waals surface area (Å²) in [7, 11) is 3.91. The molecule has 0 unspecified atom stereocenters. The van der Waals surface area contributed by atoms with E-state index >= 15 is 0 Å². The van der Waals surface area contributed by atoms with Crippen LogP contribution < -0.4 is 0 Å². The van der Waals surface area contributed by atoms with Crippen LogP contribution >= 0.6 is 11.6 Å². The highest BCUT2D eigenvalue weighted by molar-refractivity contribution is 6.32. The van der Waals surface area contributed by atoms with Crippen LogP contribution in [0.3, 0.4) is 0 Å². The molecule has 2 nitrogen and oxygen atoms in total. The van der Waals surface area contributed by atoms with Gasteiger partial charge in [0.15, 0.2) is 5.83 Å². The van der Waals surface area contributed by atoms with Crippen molar-refractivity contribution in [3.63, 3.8) is 0 Å². The summed E-state index contributed by atoms with van der Waals surface area (Å²) in [5.74, 6) is -4.38. The lowest BCUT2D eigenvalue weighted by Gasteiger charge is -2.35. The Labute approximate surface area is 219 Å². The molecule has 0 N–H and O–H groups in total. The van der Waals surface area contributed by atoms with Gasteiger partial charge in [-0.3, -0.25) is 0 Å². The van der Waals surface area contributed by atoms with Crippen LogP contribution in [0.5, 0.6) is 0 Å². The fraction of sp³-hybridized carbons (Fsp3) is 0.467. The van der Waals surface area contributed by atoms with Crippen molar-refractivity contribution in [3.05, 3.63) is 88.3 Å². The van der Waals surface area contributed by atoms with E-state index < -0.39 is 11.7 Å². The minimum Gasteiger partial charge on any atom is -0.378 e. The number of halogens is 4. The first kappa shape index (κ1) is 28.2. The van der Waals surface area contributed by atoms with Crippen molar-refractivity contribution >= 4 is 17.3 Å². The van der Waals surface area contributed by atoms with Crippen molar-refractivity contribution in [1.82, 2.24) is 9.80 Å². The average molecular weight is 519 g/mol. The largest absolute Gasteiger partial charge is 0.378 e. The van der Waals surface area contributed by atoms with E-state index in [4.69, 9.17) is 11.6 Å². The van der Waals surface area contributed by atoms with Crippen LogP contribution in [0.25, 0.3) is 5.70 Å². The van der Waals surface area contributed by atoms with E-state index in [1.807, 2.05) is 31.1 Å². The molecule has 1 saturated heterocycles. The van der Waals surface area contributed by atoms with Gasteiger partial charge in [0, 0.05) is 49.7 Å². The molecular formula is C30H38ClF3N2. The highest BCUT2D eigenvalue weighted by atomic mass is 35.5. The molecule has 1 heterocycles. The van der Waals surface area contributed by atoms with E-state index in [9.17, 15) is 13.2 Å². The Morgan fingerprint density at radius 3 is 2.33 bits per heavy atom. The van der Waals surface area contributed by atoms with Crippen LogP contribution in [0.2, 0.25) is 5.02 Å². The Morgan fingerprint density at radius 2 is 1.72 bits per heavy atom. The van der Waals surface area contributed by atoms with E-state index in [0.29, 0.717) is 19.0 Å². The molecular weight excluding hydrogens is 481 g/mol. The first-order valence-electron chi connectivity index (χ1n) is 12.8. The zero-order valence-electron chi connectivity index (χ0n) is 21.7. The van der Waals surface area contributed by atoms with Crippen molar-refractivity contribution in [2.75, 3.05) is 27.2 Å². The SMILES string of the molecule is C=C(c1ccc(CCCCCC2CCN(/C(C)=C(\F)C(F)(F)c3ccccc3)CC2)cc1Cl)N(C)C. The minimum absolute atomic E-state index is 0.0566. The molecule has 0 aromatic heterocycles. The van der Waals surface area contributed by atoms with Crippen molar-refractivity contribution in [2.45, 2.75) is 57.8 Å². The number of nitrogens with zero attached hydrogens (tertiary/aromatic N) is 2. The second-order valence-electron chi connectivity index (χ2n) is 10.0. The van der Waals surface area contributed by atoms with Crippen LogP contribution in [0, 0.1) is 5.92 Å². The van der Waals surface area contributed by atoms with Crippen molar-refractivity contribution in [1.29, 1.82) is 0 Å². The number of piperidine rings is 1. The Kier molecular flexibility index (Phi) is 9.95. The molecule has 196 valence electrons. The summed E-state index contributed by atoms with van der Waals surface area (Å²) >= 11 is 6.46. The Hall–Kier alpha value is -2.40. The lowest BCUT2D eigenvalue weighted by atomic mass is 9.90. The van der Waals surface area contributed by atoms with Crippen LogP contribution in [0.15, 0.2) is 66.6 Å². The maximum Gasteiger partial charge on any atom is 0.325 e. The summed E-state index contributed by atoms with van der Waals surface area (Å²) in [6.07, 6.45) is 7.32. The molecule has 0 aliphatic carbocycles. The Bertz CT molecular complexity index is 1040. The summed E-state index contributed by atoms with van der Waals surface area (Å²) in [5.41, 5.74) is 2.84. The molecule has 0 bridgehead atoms. The molecule has 2 aromatic rings. The van der Waals surface area contributed by atoms with Crippen LogP contribution in [-0.2, 0) is 12.3 Å². The molecule has 0 amide bonds.